The van der Waals surface area contributed by atoms with Gasteiger partial charge >= 0.3 is 0 Å². The Kier molecular flexibility index (Phi) is 5.22. The molecule has 0 N–H and O–H groups in total. The fourth-order valence-electron chi connectivity index (χ4n) is 1.16. The molecule has 0 atom stereocenters. The fourth-order valence-corrected chi connectivity index (χ4v) is 2.04. The molecule has 1 aromatic carbocycles. The summed E-state index contributed by atoms with van der Waals surface area (Å²) in [5.74, 6) is 0.302. The third-order valence-corrected chi connectivity index (χ3v) is 3.81. The maximum Gasteiger partial charge on any atom is 0.186 e. The normalized spacial score (nSPS) is 11.0. The molecule has 86 valence electrons. The molecule has 0 radical (unpaired) electrons. The van der Waals surface area contributed by atoms with Gasteiger partial charge in [-0.15, -0.1) is 0 Å². The number of thioether (sulfide) groups is 1. The molecule has 0 unspecified atom stereocenters. The molecule has 0 spiro atoms. The quantitative estimate of drug-likeness (QED) is 0.833. The SMILES string of the molecule is CC(=O)SCC=Cc1c(F)ccc(C)c1Br. The Morgan fingerprint density at radius 1 is 1.56 bits per heavy atom. The van der Waals surface area contributed by atoms with E-state index in [0.717, 1.165) is 10.0 Å². The Bertz CT molecular complexity index is 429. The second kappa shape index (κ2) is 6.21. The van der Waals surface area contributed by atoms with Crippen molar-refractivity contribution in [2.45, 2.75) is 13.8 Å². The summed E-state index contributed by atoms with van der Waals surface area (Å²) in [5.41, 5.74) is 1.52. The van der Waals surface area contributed by atoms with E-state index in [4.69, 9.17) is 0 Å². The first-order valence-electron chi connectivity index (χ1n) is 4.77. The van der Waals surface area contributed by atoms with E-state index >= 15 is 0 Å². The number of benzene rings is 1. The zero-order chi connectivity index (χ0) is 12.1. The maximum atomic E-state index is 13.5. The van der Waals surface area contributed by atoms with Gasteiger partial charge in [0.05, 0.1) is 0 Å². The average Bonchev–Trinajstić information content (AvgIpc) is 2.22. The summed E-state index contributed by atoms with van der Waals surface area (Å²) in [6.45, 7) is 3.42. The summed E-state index contributed by atoms with van der Waals surface area (Å²) in [7, 11) is 0. The summed E-state index contributed by atoms with van der Waals surface area (Å²) in [6, 6.07) is 3.17. The van der Waals surface area contributed by atoms with Gasteiger partial charge in [-0.25, -0.2) is 4.39 Å². The van der Waals surface area contributed by atoms with Gasteiger partial charge in [0.15, 0.2) is 5.12 Å². The summed E-state index contributed by atoms with van der Waals surface area (Å²) >= 11 is 4.55. The monoisotopic (exact) mass is 302 g/mol. The van der Waals surface area contributed by atoms with Gasteiger partial charge in [0.1, 0.15) is 5.82 Å². The van der Waals surface area contributed by atoms with Crippen LogP contribution in [-0.2, 0) is 4.79 Å². The van der Waals surface area contributed by atoms with Crippen LogP contribution in [0.25, 0.3) is 6.08 Å². The van der Waals surface area contributed by atoms with Crippen LogP contribution in [0, 0.1) is 12.7 Å². The van der Waals surface area contributed by atoms with Gasteiger partial charge < -0.3 is 0 Å². The van der Waals surface area contributed by atoms with Crippen LogP contribution < -0.4 is 0 Å². The van der Waals surface area contributed by atoms with Crippen molar-refractivity contribution in [1.82, 2.24) is 0 Å². The van der Waals surface area contributed by atoms with Crippen molar-refractivity contribution in [2.24, 2.45) is 0 Å². The Balaban J connectivity index is 2.80. The number of carbonyl (C=O) groups excluding carboxylic acids is 1. The number of hydrogen-bond donors (Lipinski definition) is 0. The van der Waals surface area contributed by atoms with Crippen molar-refractivity contribution in [3.63, 3.8) is 0 Å². The van der Waals surface area contributed by atoms with Crippen LogP contribution in [0.2, 0.25) is 0 Å². The molecule has 0 saturated heterocycles. The van der Waals surface area contributed by atoms with Crippen LogP contribution in [0.3, 0.4) is 0 Å². The third kappa shape index (κ3) is 3.76. The third-order valence-electron chi connectivity index (χ3n) is 1.99. The minimum absolute atomic E-state index is 0.0634. The lowest BCUT2D eigenvalue weighted by molar-refractivity contribution is -0.109. The first-order valence-corrected chi connectivity index (χ1v) is 6.54. The van der Waals surface area contributed by atoms with E-state index in [1.807, 2.05) is 6.92 Å². The minimum Gasteiger partial charge on any atom is -0.288 e. The molecule has 0 saturated carbocycles. The maximum absolute atomic E-state index is 13.5. The summed E-state index contributed by atoms with van der Waals surface area (Å²) in [4.78, 5) is 10.7. The first-order chi connectivity index (χ1) is 7.52. The zero-order valence-corrected chi connectivity index (χ0v) is 11.5. The summed E-state index contributed by atoms with van der Waals surface area (Å²) in [6.07, 6.45) is 3.48. The van der Waals surface area contributed by atoms with Gasteiger partial charge in [0, 0.05) is 22.7 Å². The highest BCUT2D eigenvalue weighted by molar-refractivity contribution is 9.10. The lowest BCUT2D eigenvalue weighted by Gasteiger charge is -2.03. The molecule has 0 heterocycles. The van der Waals surface area contributed by atoms with Crippen LogP contribution in [0.5, 0.6) is 0 Å². The lowest BCUT2D eigenvalue weighted by atomic mass is 10.1. The molecule has 0 bridgehead atoms. The highest BCUT2D eigenvalue weighted by atomic mass is 79.9. The van der Waals surface area contributed by atoms with Crippen molar-refractivity contribution in [3.05, 3.63) is 39.6 Å². The van der Waals surface area contributed by atoms with E-state index < -0.39 is 0 Å². The van der Waals surface area contributed by atoms with Gasteiger partial charge in [-0.3, -0.25) is 4.79 Å². The van der Waals surface area contributed by atoms with Crippen molar-refractivity contribution in [3.8, 4) is 0 Å². The van der Waals surface area contributed by atoms with Crippen molar-refractivity contribution in [2.75, 3.05) is 5.75 Å². The molecular formula is C12H12BrFOS. The molecule has 1 nitrogen and oxygen atoms in total. The Morgan fingerprint density at radius 3 is 2.88 bits per heavy atom. The smallest absolute Gasteiger partial charge is 0.186 e. The molecule has 0 aromatic heterocycles. The predicted molar refractivity (Wildman–Crippen MR) is 71.0 cm³/mol. The average molecular weight is 303 g/mol. The van der Waals surface area contributed by atoms with E-state index in [-0.39, 0.29) is 10.9 Å². The number of aryl methyl sites for hydroxylation is 1. The van der Waals surface area contributed by atoms with E-state index in [2.05, 4.69) is 15.9 Å². The van der Waals surface area contributed by atoms with Gasteiger partial charge in [-0.05, 0) is 34.5 Å². The van der Waals surface area contributed by atoms with Crippen LogP contribution >= 0.6 is 27.7 Å². The standard InChI is InChI=1S/C12H12BrFOS/c1-8-5-6-11(14)10(12(8)13)4-3-7-16-9(2)15/h3-6H,7H2,1-2H3. The topological polar surface area (TPSA) is 17.1 Å². The first kappa shape index (κ1) is 13.5. The van der Waals surface area contributed by atoms with Gasteiger partial charge in [0.2, 0.25) is 0 Å². The van der Waals surface area contributed by atoms with E-state index in [0.29, 0.717) is 11.3 Å². The number of halogens is 2. The molecule has 0 aliphatic carbocycles. The predicted octanol–water partition coefficient (Wildman–Crippen LogP) is 4.19. The molecule has 1 aromatic rings. The molecule has 0 aliphatic rings. The molecule has 16 heavy (non-hydrogen) atoms. The molecule has 1 rings (SSSR count). The molecule has 0 amide bonds. The number of hydrogen-bond acceptors (Lipinski definition) is 2. The Hall–Kier alpha value is -0.610. The van der Waals surface area contributed by atoms with Crippen molar-refractivity contribution in [1.29, 1.82) is 0 Å². The molecule has 0 fully saturated rings. The van der Waals surface area contributed by atoms with Crippen LogP contribution in [0.15, 0.2) is 22.7 Å². The number of rotatable bonds is 3. The molecule has 0 aliphatic heterocycles. The van der Waals surface area contributed by atoms with Crippen LogP contribution in [0.4, 0.5) is 4.39 Å². The minimum atomic E-state index is -0.262. The highest BCUT2D eigenvalue weighted by Gasteiger charge is 2.05. The zero-order valence-electron chi connectivity index (χ0n) is 9.09. The van der Waals surface area contributed by atoms with Crippen LogP contribution in [0.1, 0.15) is 18.1 Å². The van der Waals surface area contributed by atoms with Gasteiger partial charge in [-0.2, -0.15) is 0 Å². The second-order valence-corrected chi connectivity index (χ2v) is 5.29. The van der Waals surface area contributed by atoms with Crippen molar-refractivity contribution < 1.29 is 9.18 Å². The van der Waals surface area contributed by atoms with Crippen molar-refractivity contribution >= 4 is 38.9 Å². The molecular weight excluding hydrogens is 291 g/mol. The Labute approximate surface area is 107 Å². The van der Waals surface area contributed by atoms with E-state index in [1.165, 1.54) is 24.8 Å². The Morgan fingerprint density at radius 2 is 2.25 bits per heavy atom. The van der Waals surface area contributed by atoms with E-state index in [1.54, 1.807) is 18.2 Å². The lowest BCUT2D eigenvalue weighted by Crippen LogP contribution is -1.88. The van der Waals surface area contributed by atoms with E-state index in [9.17, 15) is 9.18 Å². The second-order valence-electron chi connectivity index (χ2n) is 3.30. The van der Waals surface area contributed by atoms with Gasteiger partial charge in [0.25, 0.3) is 0 Å². The van der Waals surface area contributed by atoms with Crippen LogP contribution in [-0.4, -0.2) is 10.9 Å². The highest BCUT2D eigenvalue weighted by Crippen LogP contribution is 2.25. The largest absolute Gasteiger partial charge is 0.288 e. The number of carbonyl (C=O) groups is 1. The molecule has 4 heteroatoms. The fraction of sp³-hybridized carbons (Fsp3) is 0.250. The van der Waals surface area contributed by atoms with Gasteiger partial charge in [-0.1, -0.05) is 30.0 Å². The summed E-state index contributed by atoms with van der Waals surface area (Å²) in [5, 5.41) is 0.0634. The summed E-state index contributed by atoms with van der Waals surface area (Å²) < 4.78 is 14.2.